The first kappa shape index (κ1) is 17.0. The number of nitrogens with zero attached hydrogens (tertiary/aromatic N) is 2. The van der Waals surface area contributed by atoms with Crippen LogP contribution in [-0.2, 0) is 4.79 Å². The standard InChI is InChI=1S/C20H22N2O/c1-3-12-20(14-21,15-22)18(16-9-5-4-6-10-16)19(2)13-8-7-11-17(19)23/h3-6,9-10,18H,1,7-8,11-13H2,2H3/t18-,19-/m0/s1. The molecule has 0 bridgehead atoms. The zero-order valence-corrected chi connectivity index (χ0v) is 13.6. The number of carbonyl (C=O) groups is 1. The van der Waals surface area contributed by atoms with E-state index in [1.807, 2.05) is 37.3 Å². The summed E-state index contributed by atoms with van der Waals surface area (Å²) in [6.45, 7) is 5.65. The van der Waals surface area contributed by atoms with Gasteiger partial charge in [-0.15, -0.1) is 6.58 Å². The summed E-state index contributed by atoms with van der Waals surface area (Å²) in [5.74, 6) is -0.284. The quantitative estimate of drug-likeness (QED) is 0.751. The maximum absolute atomic E-state index is 12.8. The summed E-state index contributed by atoms with van der Waals surface area (Å²) in [4.78, 5) is 12.8. The van der Waals surface area contributed by atoms with Gasteiger partial charge in [0.1, 0.15) is 5.78 Å². The Hall–Kier alpha value is -2.39. The Morgan fingerprint density at radius 1 is 1.30 bits per heavy atom. The van der Waals surface area contributed by atoms with Crippen molar-refractivity contribution >= 4 is 5.78 Å². The normalized spacial score (nSPS) is 22.7. The van der Waals surface area contributed by atoms with Gasteiger partial charge in [-0.05, 0) is 24.8 Å². The van der Waals surface area contributed by atoms with E-state index in [1.165, 1.54) is 0 Å². The highest BCUT2D eigenvalue weighted by Crippen LogP contribution is 2.54. The summed E-state index contributed by atoms with van der Waals surface area (Å²) in [7, 11) is 0. The highest BCUT2D eigenvalue weighted by molar-refractivity contribution is 5.86. The zero-order valence-electron chi connectivity index (χ0n) is 13.6. The number of ketones is 1. The number of benzene rings is 1. The minimum absolute atomic E-state index is 0.163. The van der Waals surface area contributed by atoms with E-state index in [9.17, 15) is 15.3 Å². The topological polar surface area (TPSA) is 64.7 Å². The van der Waals surface area contributed by atoms with E-state index in [2.05, 4.69) is 18.7 Å². The van der Waals surface area contributed by atoms with Crippen molar-refractivity contribution in [2.75, 3.05) is 0 Å². The summed E-state index contributed by atoms with van der Waals surface area (Å²) in [6.07, 6.45) is 4.95. The summed E-state index contributed by atoms with van der Waals surface area (Å²) in [6, 6.07) is 14.0. The second kappa shape index (κ2) is 6.80. The van der Waals surface area contributed by atoms with Gasteiger partial charge in [-0.25, -0.2) is 0 Å². The fourth-order valence-electron chi connectivity index (χ4n) is 3.94. The zero-order chi connectivity index (χ0) is 16.9. The molecule has 2 atom stereocenters. The molecule has 1 aliphatic rings. The average molecular weight is 306 g/mol. The van der Waals surface area contributed by atoms with Crippen LogP contribution in [0.1, 0.15) is 50.5 Å². The molecule has 3 heteroatoms. The van der Waals surface area contributed by atoms with Crippen molar-refractivity contribution in [3.63, 3.8) is 0 Å². The van der Waals surface area contributed by atoms with E-state index < -0.39 is 16.7 Å². The molecule has 118 valence electrons. The molecule has 0 amide bonds. The Kier molecular flexibility index (Phi) is 5.02. The molecule has 0 saturated heterocycles. The lowest BCUT2D eigenvalue weighted by molar-refractivity contribution is -0.133. The lowest BCUT2D eigenvalue weighted by Crippen LogP contribution is -2.44. The molecule has 23 heavy (non-hydrogen) atoms. The van der Waals surface area contributed by atoms with E-state index in [0.717, 1.165) is 18.4 Å². The van der Waals surface area contributed by atoms with Gasteiger partial charge in [0.05, 0.1) is 12.1 Å². The molecule has 0 N–H and O–H groups in total. The van der Waals surface area contributed by atoms with Gasteiger partial charge < -0.3 is 0 Å². The summed E-state index contributed by atoms with van der Waals surface area (Å²) in [5.41, 5.74) is -1.07. The van der Waals surface area contributed by atoms with E-state index in [-0.39, 0.29) is 12.2 Å². The third-order valence-corrected chi connectivity index (χ3v) is 5.12. The molecule has 0 unspecified atom stereocenters. The van der Waals surface area contributed by atoms with Gasteiger partial charge in [-0.1, -0.05) is 49.8 Å². The Balaban J connectivity index is 2.66. The van der Waals surface area contributed by atoms with Crippen molar-refractivity contribution in [3.05, 3.63) is 48.6 Å². The van der Waals surface area contributed by atoms with Crippen LogP contribution in [0.25, 0.3) is 0 Å². The predicted molar refractivity (Wildman–Crippen MR) is 89.2 cm³/mol. The third-order valence-electron chi connectivity index (χ3n) is 5.12. The first-order valence-corrected chi connectivity index (χ1v) is 8.06. The van der Waals surface area contributed by atoms with Crippen LogP contribution >= 0.6 is 0 Å². The molecular weight excluding hydrogens is 284 g/mol. The first-order valence-electron chi connectivity index (χ1n) is 8.06. The van der Waals surface area contributed by atoms with E-state index in [0.29, 0.717) is 12.8 Å². The minimum atomic E-state index is -1.27. The van der Waals surface area contributed by atoms with Crippen molar-refractivity contribution in [1.29, 1.82) is 10.5 Å². The van der Waals surface area contributed by atoms with Crippen LogP contribution in [0.4, 0.5) is 0 Å². The second-order valence-corrected chi connectivity index (χ2v) is 6.58. The van der Waals surface area contributed by atoms with Gasteiger partial charge in [0.15, 0.2) is 5.41 Å². The number of allylic oxidation sites excluding steroid dienone is 1. The maximum atomic E-state index is 12.8. The number of Topliss-reactive ketones (excluding diaryl/α,β-unsaturated/α-hetero) is 1. The summed E-state index contributed by atoms with van der Waals surface area (Å²) in [5, 5.41) is 19.7. The molecular formula is C20H22N2O. The fraction of sp³-hybridized carbons (Fsp3) is 0.450. The van der Waals surface area contributed by atoms with E-state index in [4.69, 9.17) is 0 Å². The molecule has 1 aromatic rings. The highest BCUT2D eigenvalue weighted by atomic mass is 16.1. The maximum Gasteiger partial charge on any atom is 0.154 e. The average Bonchev–Trinajstić information content (AvgIpc) is 2.58. The summed E-state index contributed by atoms with van der Waals surface area (Å²) < 4.78 is 0. The van der Waals surface area contributed by atoms with Crippen LogP contribution < -0.4 is 0 Å². The first-order chi connectivity index (χ1) is 11.0. The molecule has 0 heterocycles. The lowest BCUT2D eigenvalue weighted by Gasteiger charge is -2.44. The molecule has 0 aromatic heterocycles. The van der Waals surface area contributed by atoms with Gasteiger partial charge >= 0.3 is 0 Å². The molecule has 2 rings (SSSR count). The molecule has 3 nitrogen and oxygen atoms in total. The van der Waals surface area contributed by atoms with Crippen LogP contribution in [0.3, 0.4) is 0 Å². The molecule has 0 spiro atoms. The number of carbonyl (C=O) groups excluding carboxylic acids is 1. The van der Waals surface area contributed by atoms with Crippen LogP contribution in [-0.4, -0.2) is 5.78 Å². The van der Waals surface area contributed by atoms with E-state index in [1.54, 1.807) is 6.08 Å². The Bertz CT molecular complexity index is 651. The van der Waals surface area contributed by atoms with E-state index >= 15 is 0 Å². The van der Waals surface area contributed by atoms with Crippen LogP contribution in [0.5, 0.6) is 0 Å². The smallest absolute Gasteiger partial charge is 0.154 e. The van der Waals surface area contributed by atoms with Crippen molar-refractivity contribution < 1.29 is 4.79 Å². The van der Waals surface area contributed by atoms with Gasteiger partial charge in [0, 0.05) is 17.8 Å². The summed E-state index contributed by atoms with van der Waals surface area (Å²) >= 11 is 0. The Morgan fingerprint density at radius 2 is 1.96 bits per heavy atom. The fourth-order valence-corrected chi connectivity index (χ4v) is 3.94. The second-order valence-electron chi connectivity index (χ2n) is 6.58. The molecule has 1 aliphatic carbocycles. The van der Waals surface area contributed by atoms with Gasteiger partial charge in [-0.2, -0.15) is 10.5 Å². The highest BCUT2D eigenvalue weighted by Gasteiger charge is 2.53. The van der Waals surface area contributed by atoms with Crippen LogP contribution in [0, 0.1) is 33.5 Å². The number of hydrogen-bond acceptors (Lipinski definition) is 3. The number of rotatable bonds is 5. The Labute approximate surface area is 138 Å². The van der Waals surface area contributed by atoms with Gasteiger partial charge in [0.2, 0.25) is 0 Å². The van der Waals surface area contributed by atoms with Gasteiger partial charge in [0.25, 0.3) is 0 Å². The number of nitriles is 2. The van der Waals surface area contributed by atoms with Crippen molar-refractivity contribution in [2.24, 2.45) is 10.8 Å². The predicted octanol–water partition coefficient (Wildman–Crippen LogP) is 4.53. The lowest BCUT2D eigenvalue weighted by atomic mass is 9.55. The molecule has 0 aliphatic heterocycles. The largest absolute Gasteiger partial charge is 0.299 e. The monoisotopic (exact) mass is 306 g/mol. The van der Waals surface area contributed by atoms with Gasteiger partial charge in [-0.3, -0.25) is 4.79 Å². The third kappa shape index (κ3) is 2.92. The molecule has 1 fully saturated rings. The molecule has 1 aromatic carbocycles. The SMILES string of the molecule is C=CCC(C#N)(C#N)[C@@H](c1ccccc1)[C@@]1(C)CCCCC1=O. The number of hydrogen-bond donors (Lipinski definition) is 0. The van der Waals surface area contributed by atoms with Crippen molar-refractivity contribution in [1.82, 2.24) is 0 Å². The van der Waals surface area contributed by atoms with Crippen molar-refractivity contribution in [3.8, 4) is 12.1 Å². The minimum Gasteiger partial charge on any atom is -0.299 e. The molecule has 0 radical (unpaired) electrons. The van der Waals surface area contributed by atoms with Crippen LogP contribution in [0.2, 0.25) is 0 Å². The van der Waals surface area contributed by atoms with Crippen molar-refractivity contribution in [2.45, 2.75) is 44.9 Å². The molecule has 1 saturated carbocycles. The van der Waals surface area contributed by atoms with Crippen LogP contribution in [0.15, 0.2) is 43.0 Å². The Morgan fingerprint density at radius 3 is 2.48 bits per heavy atom.